The van der Waals surface area contributed by atoms with Crippen LogP contribution in [0.4, 0.5) is 5.69 Å². The molecule has 1 fully saturated rings. The molecule has 1 aromatic heterocycles. The number of rotatable bonds is 6. The van der Waals surface area contributed by atoms with Gasteiger partial charge in [0, 0.05) is 11.3 Å². The van der Waals surface area contributed by atoms with Crippen LogP contribution in [0.25, 0.3) is 11.4 Å². The molecule has 1 heterocycles. The highest BCUT2D eigenvalue weighted by Gasteiger charge is 2.43. The predicted molar refractivity (Wildman–Crippen MR) is 112 cm³/mol. The Morgan fingerprint density at radius 3 is 2.39 bits per heavy atom. The largest absolute Gasteiger partial charge is 0.326 e. The Morgan fingerprint density at radius 1 is 1.11 bits per heavy atom. The number of amides is 1. The number of aromatic nitrogens is 3. The van der Waals surface area contributed by atoms with Gasteiger partial charge in [-0.2, -0.15) is 5.10 Å². The zero-order valence-electron chi connectivity index (χ0n) is 15.5. The Labute approximate surface area is 170 Å². The normalized spacial score (nSPS) is 14.6. The van der Waals surface area contributed by atoms with E-state index < -0.39 is 0 Å². The van der Waals surface area contributed by atoms with E-state index in [1.165, 1.54) is 5.56 Å². The molecule has 1 amide bonds. The molecule has 3 aromatic rings. The minimum absolute atomic E-state index is 0. The molecule has 28 heavy (non-hydrogen) atoms. The van der Waals surface area contributed by atoms with Gasteiger partial charge < -0.3 is 11.1 Å². The first-order valence-electron chi connectivity index (χ1n) is 9.26. The van der Waals surface area contributed by atoms with Crippen molar-refractivity contribution in [3.8, 4) is 11.4 Å². The molecule has 1 aliphatic carbocycles. The van der Waals surface area contributed by atoms with Gasteiger partial charge in [-0.1, -0.05) is 36.8 Å². The maximum Gasteiger partial charge on any atom is 0.230 e. The highest BCUT2D eigenvalue weighted by Crippen LogP contribution is 2.44. The summed E-state index contributed by atoms with van der Waals surface area (Å²) in [5, 5.41) is 10.0. The van der Waals surface area contributed by atoms with Crippen molar-refractivity contribution in [1.82, 2.24) is 15.2 Å². The van der Waals surface area contributed by atoms with Crippen LogP contribution < -0.4 is 11.1 Å². The van der Waals surface area contributed by atoms with E-state index in [0.717, 1.165) is 36.9 Å². The molecule has 4 N–H and O–H groups in total. The number of nitrogens with two attached hydrogens (primary N) is 1. The topological polar surface area (TPSA) is 96.7 Å². The second kappa shape index (κ2) is 8.54. The number of nitrogens with zero attached hydrogens (tertiary/aromatic N) is 2. The average Bonchev–Trinajstić information content (AvgIpc) is 3.15. The Balaban J connectivity index is 0.00000225. The van der Waals surface area contributed by atoms with Gasteiger partial charge in [0.05, 0.1) is 12.0 Å². The lowest BCUT2D eigenvalue weighted by atomic mass is 9.64. The van der Waals surface area contributed by atoms with E-state index in [1.807, 2.05) is 42.5 Å². The molecule has 0 spiro atoms. The number of anilines is 1. The summed E-state index contributed by atoms with van der Waals surface area (Å²) in [5.74, 6) is 1.36. The number of H-pyrrole nitrogens is 1. The first-order chi connectivity index (χ1) is 13.2. The summed E-state index contributed by atoms with van der Waals surface area (Å²) in [7, 11) is 0. The van der Waals surface area contributed by atoms with Crippen LogP contribution in [0.2, 0.25) is 0 Å². The van der Waals surface area contributed by atoms with E-state index in [-0.39, 0.29) is 23.7 Å². The summed E-state index contributed by atoms with van der Waals surface area (Å²) >= 11 is 0. The summed E-state index contributed by atoms with van der Waals surface area (Å²) in [6.45, 7) is 0.324. The van der Waals surface area contributed by atoms with Gasteiger partial charge >= 0.3 is 0 Å². The monoisotopic (exact) mass is 397 g/mol. The molecule has 2 aromatic carbocycles. The number of hydrogen-bond acceptors (Lipinski definition) is 4. The fourth-order valence-corrected chi connectivity index (χ4v) is 3.56. The predicted octanol–water partition coefficient (Wildman–Crippen LogP) is 3.70. The third-order valence-corrected chi connectivity index (χ3v) is 5.30. The third-order valence-electron chi connectivity index (χ3n) is 5.30. The van der Waals surface area contributed by atoms with Crippen molar-refractivity contribution in [3.63, 3.8) is 0 Å². The molecule has 0 radical (unpaired) electrons. The van der Waals surface area contributed by atoms with E-state index in [0.29, 0.717) is 18.2 Å². The number of hydrogen-bond donors (Lipinski definition) is 3. The molecule has 0 saturated heterocycles. The van der Waals surface area contributed by atoms with E-state index in [9.17, 15) is 4.79 Å². The van der Waals surface area contributed by atoms with Gasteiger partial charge in [0.25, 0.3) is 0 Å². The van der Waals surface area contributed by atoms with E-state index in [4.69, 9.17) is 5.73 Å². The van der Waals surface area contributed by atoms with Crippen LogP contribution in [0.3, 0.4) is 0 Å². The highest BCUT2D eigenvalue weighted by atomic mass is 35.5. The van der Waals surface area contributed by atoms with Crippen LogP contribution in [0.1, 0.15) is 30.7 Å². The van der Waals surface area contributed by atoms with Gasteiger partial charge in [-0.05, 0) is 49.1 Å². The van der Waals surface area contributed by atoms with Crippen LogP contribution in [-0.2, 0) is 17.8 Å². The quantitative estimate of drug-likeness (QED) is 0.590. The Hall–Kier alpha value is -2.70. The summed E-state index contributed by atoms with van der Waals surface area (Å²) in [5.41, 5.74) is 8.14. The molecule has 6 nitrogen and oxygen atoms in total. The Bertz CT molecular complexity index is 919. The van der Waals surface area contributed by atoms with Crippen molar-refractivity contribution in [3.05, 3.63) is 66.0 Å². The van der Waals surface area contributed by atoms with Gasteiger partial charge in [0.2, 0.25) is 5.91 Å². The molecule has 1 saturated carbocycles. The smallest absolute Gasteiger partial charge is 0.230 e. The number of carbonyl (C=O) groups excluding carboxylic acids is 1. The van der Waals surface area contributed by atoms with Crippen molar-refractivity contribution in [2.75, 3.05) is 5.32 Å². The maximum absolute atomic E-state index is 13.0. The van der Waals surface area contributed by atoms with Crippen molar-refractivity contribution >= 4 is 24.0 Å². The fourth-order valence-electron chi connectivity index (χ4n) is 3.56. The van der Waals surface area contributed by atoms with Crippen molar-refractivity contribution in [2.24, 2.45) is 11.1 Å². The SMILES string of the molecule is Cl.NCc1nc(-c2ccc(NC(=O)C3(Cc4ccccc4)CCC3)cc2)n[nH]1. The lowest BCUT2D eigenvalue weighted by Gasteiger charge is -2.40. The standard InChI is InChI=1S/C21H23N5O.ClH/c22-14-18-24-19(26-25-18)16-7-9-17(10-8-16)23-20(27)21(11-4-12-21)13-15-5-2-1-3-6-15;/h1-3,5-10H,4,11-14,22H2,(H,23,27)(H,24,25,26);1H. The second-order valence-electron chi connectivity index (χ2n) is 7.14. The van der Waals surface area contributed by atoms with Gasteiger partial charge in [0.1, 0.15) is 5.82 Å². The number of benzene rings is 2. The highest BCUT2D eigenvalue weighted by molar-refractivity contribution is 5.96. The second-order valence-corrected chi connectivity index (χ2v) is 7.14. The molecule has 0 atom stereocenters. The van der Waals surface area contributed by atoms with Crippen molar-refractivity contribution in [2.45, 2.75) is 32.2 Å². The molecule has 0 unspecified atom stereocenters. The zero-order chi connectivity index (χ0) is 18.7. The molecule has 1 aliphatic rings. The van der Waals surface area contributed by atoms with E-state index in [1.54, 1.807) is 0 Å². The lowest BCUT2D eigenvalue weighted by molar-refractivity contribution is -0.130. The van der Waals surface area contributed by atoms with Crippen LogP contribution in [-0.4, -0.2) is 21.1 Å². The molecule has 4 rings (SSSR count). The molecule has 146 valence electrons. The summed E-state index contributed by atoms with van der Waals surface area (Å²) in [6, 6.07) is 17.8. The van der Waals surface area contributed by atoms with Gasteiger partial charge in [-0.15, -0.1) is 12.4 Å². The Kier molecular flexibility index (Phi) is 6.11. The molecule has 0 bridgehead atoms. The first kappa shape index (κ1) is 20.0. The van der Waals surface area contributed by atoms with Crippen LogP contribution in [0, 0.1) is 5.41 Å². The zero-order valence-corrected chi connectivity index (χ0v) is 16.3. The number of carbonyl (C=O) groups is 1. The number of aromatic amines is 1. The van der Waals surface area contributed by atoms with Gasteiger partial charge in [-0.3, -0.25) is 9.89 Å². The van der Waals surface area contributed by atoms with E-state index >= 15 is 0 Å². The summed E-state index contributed by atoms with van der Waals surface area (Å²) in [6.07, 6.45) is 3.76. The minimum Gasteiger partial charge on any atom is -0.326 e. The average molecular weight is 398 g/mol. The molecular weight excluding hydrogens is 374 g/mol. The minimum atomic E-state index is -0.292. The van der Waals surface area contributed by atoms with Crippen molar-refractivity contribution < 1.29 is 4.79 Å². The lowest BCUT2D eigenvalue weighted by Crippen LogP contribution is -2.43. The maximum atomic E-state index is 13.0. The van der Waals surface area contributed by atoms with Gasteiger partial charge in [0.15, 0.2) is 5.82 Å². The number of nitrogens with one attached hydrogen (secondary N) is 2. The third kappa shape index (κ3) is 4.08. The molecule has 0 aliphatic heterocycles. The van der Waals surface area contributed by atoms with E-state index in [2.05, 4.69) is 32.6 Å². The summed E-state index contributed by atoms with van der Waals surface area (Å²) < 4.78 is 0. The van der Waals surface area contributed by atoms with Crippen LogP contribution >= 0.6 is 12.4 Å². The molecular formula is C21H24ClN5O. The fraction of sp³-hybridized carbons (Fsp3) is 0.286. The summed E-state index contributed by atoms with van der Waals surface area (Å²) in [4.78, 5) is 17.3. The molecule has 7 heteroatoms. The van der Waals surface area contributed by atoms with Gasteiger partial charge in [-0.25, -0.2) is 4.98 Å². The van der Waals surface area contributed by atoms with Crippen molar-refractivity contribution in [1.29, 1.82) is 0 Å². The van der Waals surface area contributed by atoms with Crippen LogP contribution in [0.5, 0.6) is 0 Å². The number of halogens is 1. The first-order valence-corrected chi connectivity index (χ1v) is 9.26. The Morgan fingerprint density at radius 2 is 1.82 bits per heavy atom. The van der Waals surface area contributed by atoms with Crippen LogP contribution in [0.15, 0.2) is 54.6 Å².